The molecule has 6 nitrogen and oxygen atoms in total. The molecule has 0 saturated carbocycles. The predicted octanol–water partition coefficient (Wildman–Crippen LogP) is 1.60. The Bertz CT molecular complexity index is 327. The van der Waals surface area contributed by atoms with E-state index in [1.807, 2.05) is 20.8 Å². The number of aliphatic carboxylic acids is 1. The van der Waals surface area contributed by atoms with Gasteiger partial charge in [-0.15, -0.1) is 0 Å². The third kappa shape index (κ3) is 5.77. The van der Waals surface area contributed by atoms with E-state index in [1.165, 1.54) is 0 Å². The number of hydrogen-bond donors (Lipinski definition) is 3. The van der Waals surface area contributed by atoms with Gasteiger partial charge in [0.2, 0.25) is 0 Å². The fraction of sp³-hybridized carbons (Fsp3) is 0.857. The first kappa shape index (κ1) is 16.8. The molecule has 0 aromatic carbocycles. The molecule has 0 bridgehead atoms. The summed E-state index contributed by atoms with van der Waals surface area (Å²) in [5.41, 5.74) is 0. The Morgan fingerprint density at radius 1 is 1.20 bits per heavy atom. The lowest BCUT2D eigenvalue weighted by molar-refractivity contribution is -0.139. The van der Waals surface area contributed by atoms with Crippen LogP contribution in [0.5, 0.6) is 0 Å². The van der Waals surface area contributed by atoms with E-state index in [0.29, 0.717) is 12.3 Å². The lowest BCUT2D eigenvalue weighted by Crippen LogP contribution is -2.50. The van der Waals surface area contributed by atoms with Crippen molar-refractivity contribution >= 4 is 12.0 Å². The van der Waals surface area contributed by atoms with Gasteiger partial charge in [-0.25, -0.2) is 9.59 Å². The summed E-state index contributed by atoms with van der Waals surface area (Å²) < 4.78 is 5.29. The third-order valence-electron chi connectivity index (χ3n) is 3.64. The van der Waals surface area contributed by atoms with E-state index in [2.05, 4.69) is 10.6 Å². The lowest BCUT2D eigenvalue weighted by atomic mass is 9.93. The fourth-order valence-corrected chi connectivity index (χ4v) is 2.43. The second-order valence-corrected chi connectivity index (χ2v) is 5.88. The van der Waals surface area contributed by atoms with E-state index in [1.54, 1.807) is 0 Å². The van der Waals surface area contributed by atoms with E-state index < -0.39 is 18.0 Å². The van der Waals surface area contributed by atoms with E-state index in [9.17, 15) is 9.59 Å². The number of carboxylic acid groups (broad SMARTS) is 1. The molecule has 0 spiro atoms. The number of ether oxygens (including phenoxy) is 1. The molecule has 2 atom stereocenters. The highest BCUT2D eigenvalue weighted by Crippen LogP contribution is 2.18. The van der Waals surface area contributed by atoms with Gasteiger partial charge in [-0.2, -0.15) is 0 Å². The van der Waals surface area contributed by atoms with Crippen LogP contribution in [-0.4, -0.2) is 42.4 Å². The van der Waals surface area contributed by atoms with Crippen LogP contribution in [-0.2, 0) is 9.53 Å². The van der Waals surface area contributed by atoms with Gasteiger partial charge in [0.05, 0.1) is 0 Å². The molecule has 0 radical (unpaired) electrons. The summed E-state index contributed by atoms with van der Waals surface area (Å²) in [5, 5.41) is 14.5. The van der Waals surface area contributed by atoms with Gasteiger partial charge in [0.1, 0.15) is 6.04 Å². The van der Waals surface area contributed by atoms with Crippen molar-refractivity contribution in [2.45, 2.75) is 52.1 Å². The van der Waals surface area contributed by atoms with Gasteiger partial charge in [0.25, 0.3) is 0 Å². The van der Waals surface area contributed by atoms with Gasteiger partial charge in [0, 0.05) is 19.3 Å². The minimum atomic E-state index is -0.993. The second kappa shape index (κ2) is 8.09. The van der Waals surface area contributed by atoms with Crippen molar-refractivity contribution in [1.82, 2.24) is 10.6 Å². The zero-order valence-corrected chi connectivity index (χ0v) is 12.5. The molecular formula is C14H26N2O4. The van der Waals surface area contributed by atoms with Gasteiger partial charge in [-0.05, 0) is 38.0 Å². The Morgan fingerprint density at radius 2 is 1.80 bits per heavy atom. The Kier molecular flexibility index (Phi) is 6.78. The molecule has 1 fully saturated rings. The summed E-state index contributed by atoms with van der Waals surface area (Å²) in [6.07, 6.45) is 2.28. The molecule has 1 heterocycles. The maximum Gasteiger partial charge on any atom is 0.326 e. The molecule has 20 heavy (non-hydrogen) atoms. The van der Waals surface area contributed by atoms with Gasteiger partial charge in [0.15, 0.2) is 0 Å². The van der Waals surface area contributed by atoms with Crippen molar-refractivity contribution in [3.05, 3.63) is 0 Å². The van der Waals surface area contributed by atoms with Crippen LogP contribution in [0, 0.1) is 11.8 Å². The minimum absolute atomic E-state index is 0.0207. The maximum absolute atomic E-state index is 11.9. The number of carbonyl (C=O) groups is 2. The molecule has 3 N–H and O–H groups in total. The lowest BCUT2D eigenvalue weighted by Gasteiger charge is -2.29. The number of urea groups is 1. The number of carboxylic acids is 1. The smallest absolute Gasteiger partial charge is 0.326 e. The summed E-state index contributed by atoms with van der Waals surface area (Å²) in [6, 6.07) is -1.22. The van der Waals surface area contributed by atoms with Crippen LogP contribution in [0.1, 0.15) is 40.0 Å². The molecule has 0 aliphatic carbocycles. The standard InChI is InChI=1S/C14H26N2O4/c1-9(2)8-12(13(17)18)16-14(19)15-10(3)11-4-6-20-7-5-11/h9-12H,4-8H2,1-3H3,(H,17,18)(H2,15,16,19)/t10?,12-/m0/s1. The summed E-state index contributed by atoms with van der Waals surface area (Å²) >= 11 is 0. The third-order valence-corrected chi connectivity index (χ3v) is 3.64. The zero-order valence-electron chi connectivity index (χ0n) is 12.5. The normalized spacial score (nSPS) is 19.4. The van der Waals surface area contributed by atoms with Crippen LogP contribution < -0.4 is 10.6 Å². The molecule has 0 aromatic heterocycles. The molecule has 1 rings (SSSR count). The Morgan fingerprint density at radius 3 is 2.30 bits per heavy atom. The quantitative estimate of drug-likeness (QED) is 0.692. The number of rotatable bonds is 6. The van der Waals surface area contributed by atoms with Gasteiger partial charge in [-0.1, -0.05) is 13.8 Å². The highest BCUT2D eigenvalue weighted by Gasteiger charge is 2.25. The average Bonchev–Trinajstić information content (AvgIpc) is 2.38. The molecule has 6 heteroatoms. The average molecular weight is 286 g/mol. The summed E-state index contributed by atoms with van der Waals surface area (Å²) in [7, 11) is 0. The van der Waals surface area contributed by atoms with Crippen molar-refractivity contribution in [3.63, 3.8) is 0 Å². The highest BCUT2D eigenvalue weighted by molar-refractivity contribution is 5.82. The number of amides is 2. The highest BCUT2D eigenvalue weighted by atomic mass is 16.5. The largest absolute Gasteiger partial charge is 0.480 e. The summed E-state index contributed by atoms with van der Waals surface area (Å²) in [6.45, 7) is 7.26. The van der Waals surface area contributed by atoms with E-state index in [0.717, 1.165) is 26.1 Å². The Labute approximate surface area is 120 Å². The van der Waals surface area contributed by atoms with E-state index in [4.69, 9.17) is 9.84 Å². The first-order chi connectivity index (χ1) is 9.40. The molecule has 1 saturated heterocycles. The first-order valence-electron chi connectivity index (χ1n) is 7.27. The van der Waals surface area contributed by atoms with Crippen LogP contribution in [0.3, 0.4) is 0 Å². The Balaban J connectivity index is 2.41. The van der Waals surface area contributed by atoms with Crippen molar-refractivity contribution in [3.8, 4) is 0 Å². The fourth-order valence-electron chi connectivity index (χ4n) is 2.43. The predicted molar refractivity (Wildman–Crippen MR) is 75.6 cm³/mol. The van der Waals surface area contributed by atoms with Crippen LogP contribution in [0.15, 0.2) is 0 Å². The maximum atomic E-state index is 11.9. The number of hydrogen-bond acceptors (Lipinski definition) is 3. The van der Waals surface area contributed by atoms with Gasteiger partial charge >= 0.3 is 12.0 Å². The molecule has 116 valence electrons. The topological polar surface area (TPSA) is 87.7 Å². The monoisotopic (exact) mass is 286 g/mol. The second-order valence-electron chi connectivity index (χ2n) is 5.88. The van der Waals surface area contributed by atoms with Gasteiger partial charge in [-0.3, -0.25) is 0 Å². The number of carbonyl (C=O) groups excluding carboxylic acids is 1. The van der Waals surface area contributed by atoms with Crippen LogP contribution in [0.25, 0.3) is 0 Å². The van der Waals surface area contributed by atoms with Crippen molar-refractivity contribution in [2.75, 3.05) is 13.2 Å². The molecule has 1 aliphatic rings. The van der Waals surface area contributed by atoms with Crippen molar-refractivity contribution in [2.24, 2.45) is 11.8 Å². The molecule has 2 amide bonds. The SMILES string of the molecule is CC(C)C[C@H](NC(=O)NC(C)C1CCOCC1)C(=O)O. The zero-order chi connectivity index (χ0) is 15.1. The minimum Gasteiger partial charge on any atom is -0.480 e. The van der Waals surface area contributed by atoms with Crippen molar-refractivity contribution in [1.29, 1.82) is 0 Å². The summed E-state index contributed by atoms with van der Waals surface area (Å²) in [5.74, 6) is -0.389. The molecular weight excluding hydrogens is 260 g/mol. The van der Waals surface area contributed by atoms with Gasteiger partial charge < -0.3 is 20.5 Å². The summed E-state index contributed by atoms with van der Waals surface area (Å²) in [4.78, 5) is 23.0. The number of nitrogens with one attached hydrogen (secondary N) is 2. The Hall–Kier alpha value is -1.30. The van der Waals surface area contributed by atoms with Crippen LogP contribution in [0.4, 0.5) is 4.79 Å². The van der Waals surface area contributed by atoms with Crippen LogP contribution >= 0.6 is 0 Å². The molecule has 0 aromatic rings. The molecule has 1 unspecified atom stereocenters. The van der Waals surface area contributed by atoms with E-state index in [-0.39, 0.29) is 12.0 Å². The first-order valence-corrected chi connectivity index (χ1v) is 7.27. The van der Waals surface area contributed by atoms with E-state index >= 15 is 0 Å². The van der Waals surface area contributed by atoms with Crippen LogP contribution in [0.2, 0.25) is 0 Å². The van der Waals surface area contributed by atoms with Crippen molar-refractivity contribution < 1.29 is 19.4 Å². The molecule has 1 aliphatic heterocycles.